The van der Waals surface area contributed by atoms with Gasteiger partial charge in [-0.3, -0.25) is 0 Å². The van der Waals surface area contributed by atoms with Crippen molar-refractivity contribution in [3.63, 3.8) is 0 Å². The van der Waals surface area contributed by atoms with Crippen LogP contribution in [0.25, 0.3) is 0 Å². The van der Waals surface area contributed by atoms with Gasteiger partial charge in [-0.1, -0.05) is 33.8 Å². The van der Waals surface area contributed by atoms with Crippen LogP contribution in [0.3, 0.4) is 0 Å². The van der Waals surface area contributed by atoms with E-state index in [0.29, 0.717) is 11.3 Å². The largest absolute Gasteiger partial charge is 0.103 e. The van der Waals surface area contributed by atoms with Gasteiger partial charge in [-0.15, -0.1) is 6.58 Å². The molecule has 0 heteroatoms. The fraction of sp³-hybridized carbons (Fsp3) is 0.700. The van der Waals surface area contributed by atoms with E-state index >= 15 is 0 Å². The third kappa shape index (κ3) is 3.05. The molecule has 0 aliphatic carbocycles. The normalized spacial score (nSPS) is 14.8. The molecule has 0 saturated carbocycles. The summed E-state index contributed by atoms with van der Waals surface area (Å²) in [4.78, 5) is 0. The Morgan fingerprint density at radius 2 is 1.90 bits per heavy atom. The first-order chi connectivity index (χ1) is 4.52. The zero-order valence-electron chi connectivity index (χ0n) is 7.48. The van der Waals surface area contributed by atoms with E-state index in [1.807, 2.05) is 6.08 Å². The molecule has 0 N–H and O–H groups in total. The molecule has 0 spiro atoms. The van der Waals surface area contributed by atoms with Crippen molar-refractivity contribution in [1.29, 1.82) is 0 Å². The molecule has 0 amide bonds. The Morgan fingerprint density at radius 1 is 1.40 bits per heavy atom. The van der Waals surface area contributed by atoms with E-state index in [0.717, 1.165) is 12.8 Å². The van der Waals surface area contributed by atoms with E-state index in [1.165, 1.54) is 0 Å². The first kappa shape index (κ1) is 9.74. The predicted octanol–water partition coefficient (Wildman–Crippen LogP) is 3.45. The van der Waals surface area contributed by atoms with Crippen molar-refractivity contribution in [2.45, 2.75) is 33.6 Å². The van der Waals surface area contributed by atoms with Crippen molar-refractivity contribution < 1.29 is 0 Å². The first-order valence-electron chi connectivity index (χ1n) is 3.92. The molecule has 0 fully saturated rings. The van der Waals surface area contributed by atoms with E-state index < -0.39 is 0 Å². The predicted molar refractivity (Wildman–Crippen MR) is 47.7 cm³/mol. The second-order valence-corrected chi connectivity index (χ2v) is 3.88. The van der Waals surface area contributed by atoms with E-state index in [1.54, 1.807) is 0 Å². The summed E-state index contributed by atoms with van der Waals surface area (Å²) in [5.74, 6) is 0.685. The molecule has 0 saturated heterocycles. The van der Waals surface area contributed by atoms with Crippen molar-refractivity contribution in [3.05, 3.63) is 19.6 Å². The lowest BCUT2D eigenvalue weighted by molar-refractivity contribution is 0.243. The van der Waals surface area contributed by atoms with E-state index in [-0.39, 0.29) is 0 Å². The van der Waals surface area contributed by atoms with E-state index in [2.05, 4.69) is 34.3 Å². The van der Waals surface area contributed by atoms with Gasteiger partial charge in [0, 0.05) is 0 Å². The maximum absolute atomic E-state index is 3.92. The number of hydrogen-bond donors (Lipinski definition) is 0. The van der Waals surface area contributed by atoms with Gasteiger partial charge in [-0.05, 0) is 24.2 Å². The van der Waals surface area contributed by atoms with Crippen LogP contribution in [0, 0.1) is 18.3 Å². The second-order valence-electron chi connectivity index (χ2n) is 3.88. The second kappa shape index (κ2) is 3.80. The molecule has 0 nitrogen and oxygen atoms in total. The van der Waals surface area contributed by atoms with Gasteiger partial charge in [-0.2, -0.15) is 0 Å². The molecule has 59 valence electrons. The summed E-state index contributed by atoms with van der Waals surface area (Å²) in [7, 11) is 0. The lowest BCUT2D eigenvalue weighted by Gasteiger charge is -2.28. The van der Waals surface area contributed by atoms with Crippen LogP contribution in [-0.4, -0.2) is 0 Å². The Labute approximate surface area is 65.3 Å². The van der Waals surface area contributed by atoms with Gasteiger partial charge >= 0.3 is 0 Å². The van der Waals surface area contributed by atoms with Gasteiger partial charge < -0.3 is 0 Å². The SMILES string of the molecule is [CH2]CC(CC=C)C(C)(C)C. The molecule has 1 atom stereocenters. The summed E-state index contributed by atoms with van der Waals surface area (Å²) in [5.41, 5.74) is 0.385. The van der Waals surface area contributed by atoms with E-state index in [9.17, 15) is 0 Å². The van der Waals surface area contributed by atoms with Crippen molar-refractivity contribution >= 4 is 0 Å². The Morgan fingerprint density at radius 3 is 2.00 bits per heavy atom. The Balaban J connectivity index is 3.92. The van der Waals surface area contributed by atoms with Crippen LogP contribution < -0.4 is 0 Å². The average molecular weight is 139 g/mol. The van der Waals surface area contributed by atoms with Crippen molar-refractivity contribution in [2.75, 3.05) is 0 Å². The minimum atomic E-state index is 0.385. The summed E-state index contributed by atoms with van der Waals surface area (Å²) in [6, 6.07) is 0. The molecular weight excluding hydrogens is 120 g/mol. The third-order valence-corrected chi connectivity index (χ3v) is 2.02. The zero-order valence-corrected chi connectivity index (χ0v) is 7.48. The average Bonchev–Trinajstić information content (AvgIpc) is 1.80. The molecule has 1 unspecified atom stereocenters. The molecule has 0 aromatic rings. The van der Waals surface area contributed by atoms with Crippen LogP contribution in [0.4, 0.5) is 0 Å². The maximum Gasteiger partial charge on any atom is -0.0320 e. The van der Waals surface area contributed by atoms with Crippen molar-refractivity contribution in [2.24, 2.45) is 11.3 Å². The van der Waals surface area contributed by atoms with Crippen molar-refractivity contribution in [3.8, 4) is 0 Å². The molecular formula is C10H19. The molecule has 0 bridgehead atoms. The standard InChI is InChI=1S/C10H19/c1-6-8-9(7-2)10(3,4)5/h6,9H,1-2,7-8H2,3-5H3. The Bertz CT molecular complexity index is 95.1. The van der Waals surface area contributed by atoms with Crippen LogP contribution >= 0.6 is 0 Å². The highest BCUT2D eigenvalue weighted by molar-refractivity contribution is 4.81. The van der Waals surface area contributed by atoms with Gasteiger partial charge in [0.25, 0.3) is 0 Å². The summed E-state index contributed by atoms with van der Waals surface area (Å²) in [5, 5.41) is 0. The van der Waals surface area contributed by atoms with Crippen LogP contribution in [0.2, 0.25) is 0 Å². The lowest BCUT2D eigenvalue weighted by atomic mass is 9.77. The molecule has 0 aromatic carbocycles. The molecule has 10 heavy (non-hydrogen) atoms. The molecule has 0 aliphatic heterocycles. The maximum atomic E-state index is 3.92. The van der Waals surface area contributed by atoms with Gasteiger partial charge in [0.2, 0.25) is 0 Å². The first-order valence-corrected chi connectivity index (χ1v) is 3.92. The number of allylic oxidation sites excluding steroid dienone is 1. The zero-order chi connectivity index (χ0) is 8.20. The van der Waals surface area contributed by atoms with Gasteiger partial charge in [0.15, 0.2) is 0 Å². The molecule has 0 aliphatic rings. The van der Waals surface area contributed by atoms with Gasteiger partial charge in [0.05, 0.1) is 0 Å². The van der Waals surface area contributed by atoms with Crippen molar-refractivity contribution in [1.82, 2.24) is 0 Å². The van der Waals surface area contributed by atoms with Crippen LogP contribution in [0.5, 0.6) is 0 Å². The quantitative estimate of drug-likeness (QED) is 0.525. The molecule has 0 heterocycles. The Hall–Kier alpha value is -0.260. The smallest absolute Gasteiger partial charge is 0.0320 e. The lowest BCUT2D eigenvalue weighted by Crippen LogP contribution is -2.18. The minimum Gasteiger partial charge on any atom is -0.103 e. The number of hydrogen-bond acceptors (Lipinski definition) is 0. The minimum absolute atomic E-state index is 0.385. The number of rotatable bonds is 3. The summed E-state index contributed by atoms with van der Waals surface area (Å²) in [6.07, 6.45) is 4.09. The fourth-order valence-corrected chi connectivity index (χ4v) is 1.11. The Kier molecular flexibility index (Phi) is 3.70. The highest BCUT2D eigenvalue weighted by Gasteiger charge is 2.20. The highest BCUT2D eigenvalue weighted by Crippen LogP contribution is 2.30. The van der Waals surface area contributed by atoms with E-state index in [4.69, 9.17) is 0 Å². The summed E-state index contributed by atoms with van der Waals surface area (Å²) < 4.78 is 0. The third-order valence-electron chi connectivity index (χ3n) is 2.02. The highest BCUT2D eigenvalue weighted by atomic mass is 14.3. The summed E-state index contributed by atoms with van der Waals surface area (Å²) >= 11 is 0. The topological polar surface area (TPSA) is 0 Å². The molecule has 1 radical (unpaired) electrons. The summed E-state index contributed by atoms with van der Waals surface area (Å²) in [6.45, 7) is 14.4. The molecule has 0 aromatic heterocycles. The van der Waals surface area contributed by atoms with Crippen LogP contribution in [0.15, 0.2) is 12.7 Å². The van der Waals surface area contributed by atoms with Gasteiger partial charge in [-0.25, -0.2) is 0 Å². The monoisotopic (exact) mass is 139 g/mol. The van der Waals surface area contributed by atoms with Crippen LogP contribution in [0.1, 0.15) is 33.6 Å². The van der Waals surface area contributed by atoms with Crippen LogP contribution in [-0.2, 0) is 0 Å². The van der Waals surface area contributed by atoms with Gasteiger partial charge in [0.1, 0.15) is 0 Å². The fourth-order valence-electron chi connectivity index (χ4n) is 1.11. The molecule has 0 rings (SSSR count).